The summed E-state index contributed by atoms with van der Waals surface area (Å²) in [5.41, 5.74) is 3.37. The van der Waals surface area contributed by atoms with Crippen LogP contribution in [0.2, 0.25) is 0 Å². The fourth-order valence-corrected chi connectivity index (χ4v) is 3.82. The molecule has 6 nitrogen and oxygen atoms in total. The van der Waals surface area contributed by atoms with Gasteiger partial charge in [-0.25, -0.2) is 0 Å². The lowest BCUT2D eigenvalue weighted by molar-refractivity contribution is 0.153. The minimum absolute atomic E-state index is 0.282. The van der Waals surface area contributed by atoms with Crippen LogP contribution < -0.4 is 0 Å². The van der Waals surface area contributed by atoms with Crippen molar-refractivity contribution in [3.05, 3.63) is 66.8 Å². The first-order valence-electron chi connectivity index (χ1n) is 9.34. The maximum absolute atomic E-state index is 11.8. The van der Waals surface area contributed by atoms with E-state index in [4.69, 9.17) is 9.11 Å². The smallest absolute Gasteiger partial charge is 0.280 e. The summed E-state index contributed by atoms with van der Waals surface area (Å²) in [7, 11) is -12.3. The highest BCUT2D eigenvalue weighted by atomic mass is 127. The number of hydrogen-bond donors (Lipinski definition) is 2. The first kappa shape index (κ1) is 32.6. The van der Waals surface area contributed by atoms with Gasteiger partial charge in [0.15, 0.2) is 0 Å². The Bertz CT molecular complexity index is 1010. The quantitative estimate of drug-likeness (QED) is 0.270. The molecule has 0 aliphatic carbocycles. The topological polar surface area (TPSA) is 109 Å². The molecule has 2 rings (SSSR count). The van der Waals surface area contributed by atoms with Gasteiger partial charge in [-0.05, 0) is 91.4 Å². The monoisotopic (exact) mass is 732 g/mol. The van der Waals surface area contributed by atoms with E-state index in [0.29, 0.717) is 0 Å². The molecule has 2 aromatic rings. The molecule has 0 saturated heterocycles. The van der Waals surface area contributed by atoms with Gasteiger partial charge in [0.25, 0.3) is 0 Å². The first-order valence-corrected chi connectivity index (χ1v) is 14.4. The Morgan fingerprint density at radius 1 is 0.606 bits per heavy atom. The molecular weight excluding hydrogens is 704 g/mol. The van der Waals surface area contributed by atoms with E-state index in [1.54, 1.807) is 0 Å². The molecular formula is C21H28F2I2O6S2. The van der Waals surface area contributed by atoms with E-state index in [-0.39, 0.29) is 10.8 Å². The van der Waals surface area contributed by atoms with Gasteiger partial charge in [-0.15, -0.1) is 0 Å². The van der Waals surface area contributed by atoms with E-state index >= 15 is 0 Å². The summed E-state index contributed by atoms with van der Waals surface area (Å²) >= 11 is 4.65. The normalized spacial score (nSPS) is 12.7. The Morgan fingerprint density at radius 2 is 0.818 bits per heavy atom. The predicted molar refractivity (Wildman–Crippen MR) is 144 cm³/mol. The number of hydrogen-bond acceptors (Lipinski definition) is 4. The SMILES string of the molecule is CC(C)(C)c1ccc(I)cc1.CC(C)(C)c1ccc(I)cc1.O=S(=O)(O)C(F)(F)S(=O)(=O)O. The Kier molecular flexibility index (Phi) is 11.9. The number of benzene rings is 2. The van der Waals surface area contributed by atoms with Crippen LogP contribution in [0.3, 0.4) is 0 Å². The van der Waals surface area contributed by atoms with Gasteiger partial charge in [-0.3, -0.25) is 9.11 Å². The predicted octanol–water partition coefficient (Wildman–Crippen LogP) is 6.49. The molecule has 0 bridgehead atoms. The van der Waals surface area contributed by atoms with Gasteiger partial charge in [0.2, 0.25) is 0 Å². The largest absolute Gasteiger partial charge is 0.495 e. The van der Waals surface area contributed by atoms with Crippen LogP contribution in [0.4, 0.5) is 8.78 Å². The Morgan fingerprint density at radius 3 is 0.939 bits per heavy atom. The molecule has 0 saturated carbocycles. The van der Waals surface area contributed by atoms with E-state index in [2.05, 4.69) is 135 Å². The molecule has 2 aromatic carbocycles. The zero-order chi connectivity index (χ0) is 26.5. The van der Waals surface area contributed by atoms with Crippen molar-refractivity contribution in [3.8, 4) is 0 Å². The molecule has 12 heteroatoms. The molecule has 0 fully saturated rings. The van der Waals surface area contributed by atoms with E-state index in [0.717, 1.165) is 0 Å². The van der Waals surface area contributed by atoms with Crippen LogP contribution in [0.15, 0.2) is 48.5 Å². The van der Waals surface area contributed by atoms with Crippen molar-refractivity contribution in [2.45, 2.75) is 57.0 Å². The van der Waals surface area contributed by atoms with Crippen LogP contribution >= 0.6 is 45.2 Å². The van der Waals surface area contributed by atoms with Gasteiger partial charge in [-0.1, -0.05) is 65.8 Å². The number of alkyl halides is 2. The lowest BCUT2D eigenvalue weighted by Gasteiger charge is -2.18. The van der Waals surface area contributed by atoms with Crippen LogP contribution in [0, 0.1) is 7.14 Å². The molecule has 0 aromatic heterocycles. The maximum Gasteiger partial charge on any atom is 0.495 e. The van der Waals surface area contributed by atoms with Crippen molar-refractivity contribution < 1.29 is 34.7 Å². The summed E-state index contributed by atoms with van der Waals surface area (Å²) in [6.07, 6.45) is 0. The summed E-state index contributed by atoms with van der Waals surface area (Å²) in [6, 6.07) is 17.4. The van der Waals surface area contributed by atoms with E-state index in [1.165, 1.54) is 18.3 Å². The molecule has 0 radical (unpaired) electrons. The molecule has 0 aliphatic heterocycles. The van der Waals surface area contributed by atoms with Gasteiger partial charge in [-0.2, -0.15) is 25.6 Å². The van der Waals surface area contributed by atoms with Crippen molar-refractivity contribution in [2.75, 3.05) is 0 Å². The van der Waals surface area contributed by atoms with Gasteiger partial charge >= 0.3 is 24.8 Å². The first-order chi connectivity index (χ1) is 14.5. The van der Waals surface area contributed by atoms with Crippen LogP contribution in [0.25, 0.3) is 0 Å². The average molecular weight is 732 g/mol. The van der Waals surface area contributed by atoms with Crippen LogP contribution in [0.5, 0.6) is 0 Å². The molecule has 2 N–H and O–H groups in total. The Balaban J connectivity index is 0.000000465. The summed E-state index contributed by atoms with van der Waals surface area (Å²) in [6.45, 7) is 13.4. The molecule has 0 atom stereocenters. The summed E-state index contributed by atoms with van der Waals surface area (Å²) in [5.74, 6) is 0. The van der Waals surface area contributed by atoms with Crippen LogP contribution in [0.1, 0.15) is 52.7 Å². The van der Waals surface area contributed by atoms with Gasteiger partial charge < -0.3 is 0 Å². The summed E-state index contributed by atoms with van der Waals surface area (Å²) in [5, 5.41) is 0. The minimum Gasteiger partial charge on any atom is -0.280 e. The van der Waals surface area contributed by atoms with Gasteiger partial charge in [0, 0.05) is 7.14 Å². The fourth-order valence-electron chi connectivity index (χ4n) is 2.03. The van der Waals surface area contributed by atoms with Crippen molar-refractivity contribution in [3.63, 3.8) is 0 Å². The zero-order valence-electron chi connectivity index (χ0n) is 19.0. The minimum atomic E-state index is -6.13. The van der Waals surface area contributed by atoms with Crippen molar-refractivity contribution in [1.29, 1.82) is 0 Å². The Hall–Kier alpha value is -0.420. The second kappa shape index (κ2) is 12.0. The third kappa shape index (κ3) is 11.2. The van der Waals surface area contributed by atoms with Crippen LogP contribution in [-0.4, -0.2) is 30.5 Å². The Labute approximate surface area is 222 Å². The highest BCUT2D eigenvalue weighted by molar-refractivity contribution is 14.1. The third-order valence-electron chi connectivity index (χ3n) is 4.02. The molecule has 0 aliphatic rings. The molecule has 33 heavy (non-hydrogen) atoms. The highest BCUT2D eigenvalue weighted by Gasteiger charge is 2.57. The number of rotatable bonds is 2. The van der Waals surface area contributed by atoms with E-state index in [9.17, 15) is 25.6 Å². The lowest BCUT2D eigenvalue weighted by atomic mass is 9.87. The zero-order valence-corrected chi connectivity index (χ0v) is 24.9. The molecule has 0 amide bonds. The molecule has 0 spiro atoms. The summed E-state index contributed by atoms with van der Waals surface area (Å²) < 4.78 is 73.9. The molecule has 0 unspecified atom stereocenters. The van der Waals surface area contributed by atoms with Crippen molar-refractivity contribution >= 4 is 65.4 Å². The second-order valence-corrected chi connectivity index (χ2v) is 14.6. The second-order valence-electron chi connectivity index (χ2n) is 8.93. The fraction of sp³-hybridized carbons (Fsp3) is 0.429. The van der Waals surface area contributed by atoms with E-state index < -0.39 is 24.8 Å². The summed E-state index contributed by atoms with van der Waals surface area (Å²) in [4.78, 5) is 0. The van der Waals surface area contributed by atoms with Gasteiger partial charge in [0.05, 0.1) is 0 Å². The standard InChI is InChI=1S/2C10H13I.CH2F2O6S2/c2*1-10(2,3)8-4-6-9(11)7-5-8;2-1(3,10(4,5)6)11(7,8)9/h2*4-7H,1-3H3;(H,4,5,6)(H,7,8,9). The van der Waals surface area contributed by atoms with Gasteiger partial charge in [0.1, 0.15) is 0 Å². The van der Waals surface area contributed by atoms with Crippen molar-refractivity contribution in [2.24, 2.45) is 0 Å². The third-order valence-corrected chi connectivity index (χ3v) is 7.92. The van der Waals surface area contributed by atoms with Crippen molar-refractivity contribution in [1.82, 2.24) is 0 Å². The average Bonchev–Trinajstić information content (AvgIpc) is 2.60. The molecule has 188 valence electrons. The molecule has 0 heterocycles. The highest BCUT2D eigenvalue weighted by Crippen LogP contribution is 2.26. The van der Waals surface area contributed by atoms with Crippen LogP contribution in [-0.2, 0) is 31.1 Å². The van der Waals surface area contributed by atoms with E-state index in [1.807, 2.05) is 0 Å². The number of halogens is 4. The lowest BCUT2D eigenvalue weighted by Crippen LogP contribution is -2.36. The maximum atomic E-state index is 11.8.